The van der Waals surface area contributed by atoms with Gasteiger partial charge in [0.1, 0.15) is 18.1 Å². The molecule has 0 N–H and O–H groups in total. The molecule has 4 rings (SSSR count). The number of aromatic nitrogens is 5. The first-order chi connectivity index (χ1) is 16.4. The van der Waals surface area contributed by atoms with E-state index >= 15 is 0 Å². The van der Waals surface area contributed by atoms with E-state index in [2.05, 4.69) is 22.1 Å². The van der Waals surface area contributed by atoms with Crippen molar-refractivity contribution in [2.45, 2.75) is 19.3 Å². The Labute approximate surface area is 218 Å². The predicted molar refractivity (Wildman–Crippen MR) is 125 cm³/mol. The molecule has 0 unspecified atom stereocenters. The second kappa shape index (κ2) is 10.9. The first-order valence-electron chi connectivity index (χ1n) is 10.5. The smallest absolute Gasteiger partial charge is 0.554 e. The van der Waals surface area contributed by atoms with Gasteiger partial charge in [-0.15, -0.1) is 18.2 Å². The van der Waals surface area contributed by atoms with Crippen molar-refractivity contribution < 1.29 is 40.0 Å². The number of benzene rings is 1. The van der Waals surface area contributed by atoms with E-state index in [-0.39, 0.29) is 21.1 Å². The maximum Gasteiger partial charge on any atom is 2.00 e. The zero-order valence-electron chi connectivity index (χ0n) is 20.2. The molecule has 0 amide bonds. The van der Waals surface area contributed by atoms with Crippen LogP contribution in [0.15, 0.2) is 42.7 Å². The summed E-state index contributed by atoms with van der Waals surface area (Å²) in [5.41, 5.74) is 2.11. The molecule has 0 fully saturated rings. The van der Waals surface area contributed by atoms with E-state index in [0.29, 0.717) is 46.0 Å². The van der Waals surface area contributed by atoms with Crippen molar-refractivity contribution in [3.8, 4) is 40.2 Å². The van der Waals surface area contributed by atoms with Crippen LogP contribution in [-0.4, -0.2) is 53.2 Å². The third-order valence-corrected chi connectivity index (χ3v) is 5.41. The van der Waals surface area contributed by atoms with Gasteiger partial charge in [0.15, 0.2) is 5.82 Å². The van der Waals surface area contributed by atoms with Gasteiger partial charge in [-0.1, -0.05) is 29.8 Å². The Kier molecular flexibility index (Phi) is 8.12. The molecule has 184 valence electrons. The third-order valence-electron chi connectivity index (χ3n) is 5.41. The van der Waals surface area contributed by atoms with Gasteiger partial charge in [-0.3, -0.25) is 4.98 Å². The van der Waals surface area contributed by atoms with Crippen LogP contribution in [0.25, 0.3) is 16.9 Å². The van der Waals surface area contributed by atoms with E-state index in [0.717, 1.165) is 5.69 Å². The van der Waals surface area contributed by atoms with Crippen molar-refractivity contribution in [3.05, 3.63) is 66.4 Å². The van der Waals surface area contributed by atoms with Crippen LogP contribution in [-0.2, 0) is 26.5 Å². The molecule has 10 heteroatoms. The minimum atomic E-state index is -0.603. The van der Waals surface area contributed by atoms with Crippen molar-refractivity contribution in [1.29, 1.82) is 0 Å². The maximum atomic E-state index is 5.48. The van der Waals surface area contributed by atoms with Crippen LogP contribution in [0.1, 0.15) is 25.4 Å². The summed E-state index contributed by atoms with van der Waals surface area (Å²) in [6.45, 7) is 4.03. The normalized spacial score (nSPS) is 10.9. The number of hydrogen-bond donors (Lipinski definition) is 0. The average molecular weight is 655 g/mol. The molecule has 3 heterocycles. The van der Waals surface area contributed by atoms with E-state index in [1.807, 2.05) is 32.0 Å². The van der Waals surface area contributed by atoms with E-state index in [1.165, 1.54) is 0 Å². The Morgan fingerprint density at radius 3 is 2.40 bits per heavy atom. The van der Waals surface area contributed by atoms with Gasteiger partial charge in [0.05, 0.1) is 33.9 Å². The van der Waals surface area contributed by atoms with Gasteiger partial charge in [-0.25, -0.2) is 9.67 Å². The minimum Gasteiger partial charge on any atom is -0.554 e. The fourth-order valence-electron chi connectivity index (χ4n) is 3.42. The van der Waals surface area contributed by atoms with Crippen molar-refractivity contribution in [1.82, 2.24) is 24.7 Å². The first-order valence-corrected chi connectivity index (χ1v) is 10.5. The number of nitrogens with zero attached hydrogens (tertiary/aromatic N) is 5. The second-order valence-electron chi connectivity index (χ2n) is 7.83. The van der Waals surface area contributed by atoms with Crippen molar-refractivity contribution in [3.63, 3.8) is 0 Å². The molecule has 1 aromatic carbocycles. The largest absolute Gasteiger partial charge is 2.00 e. The van der Waals surface area contributed by atoms with Crippen LogP contribution in [0.5, 0.6) is 23.3 Å². The molecule has 0 aliphatic heterocycles. The second-order valence-corrected chi connectivity index (χ2v) is 7.83. The molecule has 0 radical (unpaired) electrons. The zero-order valence-corrected chi connectivity index (χ0v) is 22.5. The van der Waals surface area contributed by atoms with Crippen molar-refractivity contribution in [2.24, 2.45) is 0 Å². The zero-order chi connectivity index (χ0) is 24.3. The molecular weight excluding hydrogens is 629 g/mol. The van der Waals surface area contributed by atoms with Gasteiger partial charge >= 0.3 is 21.1 Å². The Morgan fingerprint density at radius 2 is 1.71 bits per heavy atom. The summed E-state index contributed by atoms with van der Waals surface area (Å²) in [6.07, 6.45) is 1.63. The van der Waals surface area contributed by atoms with Gasteiger partial charge in [-0.2, -0.15) is 5.10 Å². The number of ether oxygens (including phenoxy) is 4. The average Bonchev–Trinajstić information content (AvgIpc) is 3.39. The van der Waals surface area contributed by atoms with Crippen LogP contribution >= 0.6 is 0 Å². The van der Waals surface area contributed by atoms with E-state index in [1.54, 1.807) is 57.6 Å². The monoisotopic (exact) mass is 654 g/mol. The molecule has 35 heavy (non-hydrogen) atoms. The molecule has 3 aromatic heterocycles. The first kappa shape index (κ1) is 26.2. The molecule has 0 aliphatic rings. The van der Waals surface area contributed by atoms with Gasteiger partial charge in [0, 0.05) is 17.2 Å². The Morgan fingerprint density at radius 1 is 0.914 bits per heavy atom. The number of rotatable bonds is 8. The number of pyridine rings is 2. The summed E-state index contributed by atoms with van der Waals surface area (Å²) < 4.78 is 23.0. The standard InChI is InChI=1S/C25H25N5O4.Pt/c1-25(2,24-26-15-30(29-24)19-12-10-16(31-3)14-20(19)32-4)21-9-7-8-18(27-21)17-11-13-22(33-5)28-23(17)34-6;/h7-10,13-15H,1-6H3;/q-2;+2. The molecular formula is C25H25N5O4Pt. The fourth-order valence-corrected chi connectivity index (χ4v) is 3.42. The van der Waals surface area contributed by atoms with Crippen molar-refractivity contribution >= 4 is 0 Å². The summed E-state index contributed by atoms with van der Waals surface area (Å²) >= 11 is 0. The van der Waals surface area contributed by atoms with E-state index in [9.17, 15) is 0 Å². The van der Waals surface area contributed by atoms with Crippen LogP contribution in [0, 0.1) is 12.1 Å². The fraction of sp³-hybridized carbons (Fsp3) is 0.280. The SMILES string of the molecule is COc1c[c-]c(-n2cnc(C(C)(C)c3cccc(-c4[c-]cc(OC)nc4OC)n3)n2)c(OC)c1.[Pt+2]. The van der Waals surface area contributed by atoms with Gasteiger partial charge in [-0.05, 0) is 31.3 Å². The van der Waals surface area contributed by atoms with Crippen LogP contribution < -0.4 is 18.9 Å². The van der Waals surface area contributed by atoms with Gasteiger partial charge in [0.2, 0.25) is 0 Å². The number of methoxy groups -OCH3 is 4. The predicted octanol–water partition coefficient (Wildman–Crippen LogP) is 3.68. The topological polar surface area (TPSA) is 93.4 Å². The van der Waals surface area contributed by atoms with Crippen LogP contribution in [0.4, 0.5) is 0 Å². The Hall–Kier alpha value is -3.45. The summed E-state index contributed by atoms with van der Waals surface area (Å²) in [5.74, 6) is 2.60. The molecule has 0 saturated carbocycles. The molecule has 9 nitrogen and oxygen atoms in total. The molecule has 0 bridgehead atoms. The molecule has 0 atom stereocenters. The summed E-state index contributed by atoms with van der Waals surface area (Å²) in [4.78, 5) is 13.8. The quantitative estimate of drug-likeness (QED) is 0.266. The Balaban J connectivity index is 0.00000342. The van der Waals surface area contributed by atoms with E-state index in [4.69, 9.17) is 29.0 Å². The molecule has 0 saturated heterocycles. The number of hydrogen-bond acceptors (Lipinski definition) is 8. The van der Waals surface area contributed by atoms with Gasteiger partial charge < -0.3 is 23.9 Å². The Bertz CT molecular complexity index is 1310. The third kappa shape index (κ3) is 5.15. The summed E-state index contributed by atoms with van der Waals surface area (Å²) in [7, 11) is 6.27. The molecule has 0 aliphatic carbocycles. The molecule has 0 spiro atoms. The van der Waals surface area contributed by atoms with Crippen LogP contribution in [0.2, 0.25) is 0 Å². The van der Waals surface area contributed by atoms with Gasteiger partial charge in [0.25, 0.3) is 0 Å². The van der Waals surface area contributed by atoms with E-state index < -0.39 is 5.41 Å². The van der Waals surface area contributed by atoms with Crippen LogP contribution in [0.3, 0.4) is 0 Å². The summed E-state index contributed by atoms with van der Waals surface area (Å²) in [5, 5.41) is 4.70. The summed E-state index contributed by atoms with van der Waals surface area (Å²) in [6, 6.07) is 17.2. The minimum absolute atomic E-state index is 0. The van der Waals surface area contributed by atoms with Crippen molar-refractivity contribution in [2.75, 3.05) is 28.4 Å². The maximum absolute atomic E-state index is 5.48. The molecule has 4 aromatic rings.